The van der Waals surface area contributed by atoms with E-state index in [0.717, 1.165) is 37.3 Å². The quantitative estimate of drug-likeness (QED) is 0.390. The standard InChI is InChI=1S/C22H22N6O2S2/c31-21-27(23-19(29-21)17-7-3-1-4-8-17)15-25-11-13-26(14-12-25)16-28-22(32)30-20(24-28)18-9-5-2-6-10-18/h1-10H,11-16H2. The van der Waals surface area contributed by atoms with Crippen LogP contribution in [0, 0.1) is 9.67 Å². The second-order valence-electron chi connectivity index (χ2n) is 7.60. The summed E-state index contributed by atoms with van der Waals surface area (Å²) in [5, 5.41) is 9.11. The van der Waals surface area contributed by atoms with Gasteiger partial charge in [0.25, 0.3) is 9.67 Å². The largest absolute Gasteiger partial charge is 0.409 e. The summed E-state index contributed by atoms with van der Waals surface area (Å²) in [6.07, 6.45) is 0. The normalized spacial score (nSPS) is 15.2. The Bertz CT molecular complexity index is 1190. The topological polar surface area (TPSA) is 68.4 Å². The van der Waals surface area contributed by atoms with E-state index in [2.05, 4.69) is 20.0 Å². The van der Waals surface area contributed by atoms with Crippen LogP contribution in [-0.4, -0.2) is 55.5 Å². The van der Waals surface area contributed by atoms with Crippen molar-refractivity contribution in [2.24, 2.45) is 0 Å². The lowest BCUT2D eigenvalue weighted by atomic mass is 10.2. The Kier molecular flexibility index (Phi) is 6.08. The molecular formula is C22H22N6O2S2. The molecule has 1 aliphatic heterocycles. The molecule has 0 aliphatic carbocycles. The van der Waals surface area contributed by atoms with E-state index in [1.54, 1.807) is 9.36 Å². The number of benzene rings is 2. The third-order valence-electron chi connectivity index (χ3n) is 5.39. The van der Waals surface area contributed by atoms with Crippen molar-refractivity contribution >= 4 is 24.4 Å². The maximum absolute atomic E-state index is 5.69. The summed E-state index contributed by atoms with van der Waals surface area (Å²) < 4.78 is 14.9. The number of rotatable bonds is 6. The van der Waals surface area contributed by atoms with Crippen molar-refractivity contribution in [3.8, 4) is 22.9 Å². The Morgan fingerprint density at radius 1 is 0.625 bits per heavy atom. The molecule has 32 heavy (non-hydrogen) atoms. The van der Waals surface area contributed by atoms with Crippen LogP contribution in [0.4, 0.5) is 0 Å². The predicted octanol–water partition coefficient (Wildman–Crippen LogP) is 4.29. The molecule has 8 nitrogen and oxygen atoms in total. The van der Waals surface area contributed by atoms with Gasteiger partial charge in [-0.2, -0.15) is 0 Å². The molecule has 0 radical (unpaired) electrons. The molecule has 0 spiro atoms. The second kappa shape index (κ2) is 9.29. The van der Waals surface area contributed by atoms with Crippen LogP contribution in [0.5, 0.6) is 0 Å². The number of aromatic nitrogens is 4. The molecule has 4 aromatic rings. The summed E-state index contributed by atoms with van der Waals surface area (Å²) in [6.45, 7) is 4.73. The number of hydrogen-bond acceptors (Lipinski definition) is 8. The van der Waals surface area contributed by atoms with Crippen molar-refractivity contribution in [2.75, 3.05) is 26.2 Å². The van der Waals surface area contributed by atoms with E-state index in [1.165, 1.54) is 0 Å². The van der Waals surface area contributed by atoms with E-state index >= 15 is 0 Å². The smallest absolute Gasteiger partial charge is 0.288 e. The lowest BCUT2D eigenvalue weighted by Gasteiger charge is -2.33. The predicted molar refractivity (Wildman–Crippen MR) is 125 cm³/mol. The van der Waals surface area contributed by atoms with E-state index in [-0.39, 0.29) is 0 Å². The highest BCUT2D eigenvalue weighted by molar-refractivity contribution is 7.71. The fourth-order valence-electron chi connectivity index (χ4n) is 3.64. The summed E-state index contributed by atoms with van der Waals surface area (Å²) in [5.74, 6) is 1.09. The van der Waals surface area contributed by atoms with Crippen LogP contribution in [-0.2, 0) is 13.3 Å². The van der Waals surface area contributed by atoms with Crippen molar-refractivity contribution in [1.82, 2.24) is 29.4 Å². The minimum Gasteiger partial charge on any atom is -0.409 e. The summed E-state index contributed by atoms with van der Waals surface area (Å²) in [4.78, 5) is 5.38. The third kappa shape index (κ3) is 4.63. The third-order valence-corrected chi connectivity index (χ3v) is 5.98. The summed E-state index contributed by atoms with van der Waals surface area (Å²) >= 11 is 10.7. The molecule has 1 fully saturated rings. The first-order valence-electron chi connectivity index (χ1n) is 10.4. The highest BCUT2D eigenvalue weighted by atomic mass is 32.1. The van der Waals surface area contributed by atoms with Crippen LogP contribution in [0.15, 0.2) is 69.5 Å². The Hall–Kier alpha value is -2.92. The molecule has 5 rings (SSSR count). The molecule has 2 aromatic heterocycles. The van der Waals surface area contributed by atoms with Gasteiger partial charge in [-0.15, -0.1) is 10.2 Å². The lowest BCUT2D eigenvalue weighted by Crippen LogP contribution is -2.47. The van der Waals surface area contributed by atoms with E-state index in [9.17, 15) is 0 Å². The summed E-state index contributed by atoms with van der Waals surface area (Å²) in [6, 6.07) is 19.6. The van der Waals surface area contributed by atoms with Gasteiger partial charge in [0.2, 0.25) is 11.8 Å². The maximum Gasteiger partial charge on any atom is 0.288 e. The Morgan fingerprint density at radius 2 is 1.00 bits per heavy atom. The average Bonchev–Trinajstić information content (AvgIpc) is 3.38. The van der Waals surface area contributed by atoms with Crippen LogP contribution in [0.2, 0.25) is 0 Å². The van der Waals surface area contributed by atoms with Gasteiger partial charge in [0.05, 0.1) is 13.3 Å². The summed E-state index contributed by atoms with van der Waals surface area (Å²) in [7, 11) is 0. The molecule has 3 heterocycles. The summed E-state index contributed by atoms with van der Waals surface area (Å²) in [5.41, 5.74) is 1.84. The fraction of sp³-hybridized carbons (Fsp3) is 0.273. The SMILES string of the molecule is S=c1oc(-c2ccccc2)nn1CN1CCN(Cn2nc(-c3ccccc3)oc2=S)CC1. The Morgan fingerprint density at radius 3 is 1.38 bits per heavy atom. The molecule has 1 aliphatic rings. The molecule has 10 heteroatoms. The molecule has 0 bridgehead atoms. The first-order valence-corrected chi connectivity index (χ1v) is 11.2. The van der Waals surface area contributed by atoms with Gasteiger partial charge in [-0.25, -0.2) is 9.36 Å². The molecule has 1 saturated heterocycles. The zero-order chi connectivity index (χ0) is 21.9. The Balaban J connectivity index is 1.19. The average molecular weight is 467 g/mol. The van der Waals surface area contributed by atoms with Crippen molar-refractivity contribution in [3.63, 3.8) is 0 Å². The van der Waals surface area contributed by atoms with Crippen LogP contribution in [0.25, 0.3) is 22.9 Å². The molecular weight excluding hydrogens is 444 g/mol. The Labute approximate surface area is 195 Å². The van der Waals surface area contributed by atoms with E-state index in [1.807, 2.05) is 60.7 Å². The molecule has 0 atom stereocenters. The van der Waals surface area contributed by atoms with E-state index in [0.29, 0.717) is 34.8 Å². The van der Waals surface area contributed by atoms with Crippen molar-refractivity contribution in [2.45, 2.75) is 13.3 Å². The van der Waals surface area contributed by atoms with E-state index < -0.39 is 0 Å². The van der Waals surface area contributed by atoms with Gasteiger partial charge >= 0.3 is 0 Å². The molecule has 0 amide bonds. The van der Waals surface area contributed by atoms with Crippen LogP contribution >= 0.6 is 24.4 Å². The zero-order valence-corrected chi connectivity index (χ0v) is 19.0. The van der Waals surface area contributed by atoms with Gasteiger partial charge in [-0.3, -0.25) is 9.80 Å². The van der Waals surface area contributed by atoms with E-state index in [4.69, 9.17) is 33.3 Å². The van der Waals surface area contributed by atoms with Crippen LogP contribution < -0.4 is 0 Å². The van der Waals surface area contributed by atoms with Crippen LogP contribution in [0.1, 0.15) is 0 Å². The number of nitrogens with zero attached hydrogens (tertiary/aromatic N) is 6. The molecule has 2 aromatic carbocycles. The van der Waals surface area contributed by atoms with Gasteiger partial charge in [-0.05, 0) is 48.7 Å². The van der Waals surface area contributed by atoms with Gasteiger partial charge in [0, 0.05) is 37.3 Å². The van der Waals surface area contributed by atoms with Gasteiger partial charge in [0.1, 0.15) is 0 Å². The monoisotopic (exact) mass is 466 g/mol. The zero-order valence-electron chi connectivity index (χ0n) is 17.3. The van der Waals surface area contributed by atoms with Crippen molar-refractivity contribution < 1.29 is 8.83 Å². The number of piperazine rings is 1. The molecule has 0 N–H and O–H groups in total. The minimum atomic E-state index is 0.383. The van der Waals surface area contributed by atoms with Crippen molar-refractivity contribution in [3.05, 3.63) is 70.3 Å². The molecule has 0 saturated carbocycles. The molecule has 164 valence electrons. The lowest BCUT2D eigenvalue weighted by molar-refractivity contribution is 0.0783. The van der Waals surface area contributed by atoms with Crippen LogP contribution in [0.3, 0.4) is 0 Å². The maximum atomic E-state index is 5.69. The van der Waals surface area contributed by atoms with Gasteiger partial charge in [0.15, 0.2) is 0 Å². The molecule has 0 unspecified atom stereocenters. The minimum absolute atomic E-state index is 0.383. The highest BCUT2D eigenvalue weighted by Gasteiger charge is 2.20. The first-order chi connectivity index (χ1) is 15.7. The first kappa shape index (κ1) is 21.0. The number of hydrogen-bond donors (Lipinski definition) is 0. The van der Waals surface area contributed by atoms with Gasteiger partial charge < -0.3 is 8.83 Å². The van der Waals surface area contributed by atoms with Gasteiger partial charge in [-0.1, -0.05) is 36.4 Å². The highest BCUT2D eigenvalue weighted by Crippen LogP contribution is 2.19. The van der Waals surface area contributed by atoms with Crippen molar-refractivity contribution in [1.29, 1.82) is 0 Å². The fourth-order valence-corrected chi connectivity index (χ4v) is 3.99. The second-order valence-corrected chi connectivity index (χ2v) is 8.29.